The first-order chi connectivity index (χ1) is 12.8. The summed E-state index contributed by atoms with van der Waals surface area (Å²) in [6.07, 6.45) is -2.07. The molecule has 0 fully saturated rings. The van der Waals surface area contributed by atoms with Gasteiger partial charge in [0.1, 0.15) is 0 Å². The molecule has 8 heteroatoms. The summed E-state index contributed by atoms with van der Waals surface area (Å²) in [4.78, 5) is 20.3. The summed E-state index contributed by atoms with van der Waals surface area (Å²) in [6, 6.07) is 12.3. The van der Waals surface area contributed by atoms with Crippen LogP contribution >= 0.6 is 0 Å². The number of aromatic nitrogens is 2. The molecular weight excluding hydrogens is 357 g/mol. The lowest BCUT2D eigenvalue weighted by Crippen LogP contribution is -2.17. The Morgan fingerprint density at radius 1 is 1.00 bits per heavy atom. The molecule has 2 N–H and O–H groups in total. The van der Waals surface area contributed by atoms with Crippen LogP contribution in [0.5, 0.6) is 0 Å². The van der Waals surface area contributed by atoms with Crippen molar-refractivity contribution >= 4 is 23.2 Å². The lowest BCUT2D eigenvalue weighted by atomic mass is 10.1. The van der Waals surface area contributed by atoms with Crippen LogP contribution < -0.4 is 10.6 Å². The van der Waals surface area contributed by atoms with E-state index in [2.05, 4.69) is 20.6 Å². The molecule has 0 aliphatic rings. The SMILES string of the molecule is Cc1cccc(Nc2ncc(C(=O)Nc3ccccc3C(F)(F)F)cn2)c1. The third-order valence-electron chi connectivity index (χ3n) is 3.67. The van der Waals surface area contributed by atoms with Crippen LogP contribution in [0, 0.1) is 6.92 Å². The van der Waals surface area contributed by atoms with Crippen molar-refractivity contribution in [2.45, 2.75) is 13.1 Å². The number of carbonyl (C=O) groups is 1. The number of nitrogens with zero attached hydrogens (tertiary/aromatic N) is 2. The van der Waals surface area contributed by atoms with E-state index in [0.29, 0.717) is 0 Å². The highest BCUT2D eigenvalue weighted by atomic mass is 19.4. The summed E-state index contributed by atoms with van der Waals surface area (Å²) >= 11 is 0. The second kappa shape index (κ2) is 7.45. The van der Waals surface area contributed by atoms with E-state index in [9.17, 15) is 18.0 Å². The van der Waals surface area contributed by atoms with E-state index in [1.54, 1.807) is 0 Å². The van der Waals surface area contributed by atoms with Gasteiger partial charge in [0.05, 0.1) is 16.8 Å². The molecular formula is C19H15F3N4O. The molecule has 138 valence electrons. The number of halogens is 3. The molecule has 0 aliphatic heterocycles. The molecule has 0 unspecified atom stereocenters. The van der Waals surface area contributed by atoms with Gasteiger partial charge in [0.2, 0.25) is 5.95 Å². The average molecular weight is 372 g/mol. The fourth-order valence-electron chi connectivity index (χ4n) is 2.40. The Morgan fingerprint density at radius 2 is 1.70 bits per heavy atom. The van der Waals surface area contributed by atoms with Gasteiger partial charge in [0.15, 0.2) is 0 Å². The number of nitrogens with one attached hydrogen (secondary N) is 2. The Kier molecular flexibility index (Phi) is 5.07. The highest BCUT2D eigenvalue weighted by molar-refractivity contribution is 6.04. The zero-order chi connectivity index (χ0) is 19.4. The molecule has 0 bridgehead atoms. The quantitative estimate of drug-likeness (QED) is 0.690. The summed E-state index contributed by atoms with van der Waals surface area (Å²) in [5.41, 5.74) is 0.640. The van der Waals surface area contributed by atoms with Crippen LogP contribution in [0.15, 0.2) is 60.9 Å². The van der Waals surface area contributed by atoms with Crippen molar-refractivity contribution in [3.63, 3.8) is 0 Å². The third-order valence-corrected chi connectivity index (χ3v) is 3.67. The van der Waals surface area contributed by atoms with E-state index in [0.717, 1.165) is 17.3 Å². The minimum atomic E-state index is -4.57. The molecule has 1 heterocycles. The maximum Gasteiger partial charge on any atom is 0.418 e. The fraction of sp³-hybridized carbons (Fsp3) is 0.105. The summed E-state index contributed by atoms with van der Waals surface area (Å²) < 4.78 is 39.0. The predicted octanol–water partition coefficient (Wildman–Crippen LogP) is 4.80. The Bertz CT molecular complexity index is 956. The fourth-order valence-corrected chi connectivity index (χ4v) is 2.40. The molecule has 27 heavy (non-hydrogen) atoms. The highest BCUT2D eigenvalue weighted by Crippen LogP contribution is 2.34. The van der Waals surface area contributed by atoms with Gasteiger partial charge in [-0.25, -0.2) is 9.97 Å². The minimum absolute atomic E-state index is 0.0433. The zero-order valence-corrected chi connectivity index (χ0v) is 14.2. The first kappa shape index (κ1) is 18.4. The minimum Gasteiger partial charge on any atom is -0.324 e. The van der Waals surface area contributed by atoms with Gasteiger partial charge < -0.3 is 10.6 Å². The number of rotatable bonds is 4. The van der Waals surface area contributed by atoms with Crippen LogP contribution in [0.4, 0.5) is 30.5 Å². The van der Waals surface area contributed by atoms with Gasteiger partial charge >= 0.3 is 6.18 Å². The van der Waals surface area contributed by atoms with Gasteiger partial charge in [-0.2, -0.15) is 13.2 Å². The van der Waals surface area contributed by atoms with Gasteiger partial charge in [-0.3, -0.25) is 4.79 Å². The first-order valence-corrected chi connectivity index (χ1v) is 7.96. The second-order valence-electron chi connectivity index (χ2n) is 5.79. The molecule has 0 radical (unpaired) electrons. The van der Waals surface area contributed by atoms with E-state index in [-0.39, 0.29) is 17.2 Å². The smallest absolute Gasteiger partial charge is 0.324 e. The molecule has 0 aliphatic carbocycles. The molecule has 3 aromatic rings. The molecule has 0 saturated carbocycles. The molecule has 2 aromatic carbocycles. The van der Waals surface area contributed by atoms with Gasteiger partial charge in [0, 0.05) is 18.1 Å². The molecule has 0 spiro atoms. The maximum atomic E-state index is 13.0. The largest absolute Gasteiger partial charge is 0.418 e. The zero-order valence-electron chi connectivity index (χ0n) is 14.2. The van der Waals surface area contributed by atoms with Crippen molar-refractivity contribution in [2.24, 2.45) is 0 Å². The number of hydrogen-bond acceptors (Lipinski definition) is 4. The van der Waals surface area contributed by atoms with Crippen molar-refractivity contribution in [2.75, 3.05) is 10.6 Å². The van der Waals surface area contributed by atoms with Crippen LogP contribution in [0.25, 0.3) is 0 Å². The third kappa shape index (κ3) is 4.60. The Hall–Kier alpha value is -3.42. The molecule has 0 saturated heterocycles. The lowest BCUT2D eigenvalue weighted by molar-refractivity contribution is -0.136. The summed E-state index contributed by atoms with van der Waals surface area (Å²) in [5.74, 6) is -0.457. The van der Waals surface area contributed by atoms with Gasteiger partial charge in [-0.1, -0.05) is 24.3 Å². The van der Waals surface area contributed by atoms with Crippen LogP contribution in [-0.4, -0.2) is 15.9 Å². The Labute approximate surface area is 153 Å². The van der Waals surface area contributed by atoms with Crippen LogP contribution in [0.3, 0.4) is 0 Å². The number of hydrogen-bond donors (Lipinski definition) is 2. The van der Waals surface area contributed by atoms with Crippen molar-refractivity contribution in [3.8, 4) is 0 Å². The van der Waals surface area contributed by atoms with Crippen LogP contribution in [0.1, 0.15) is 21.5 Å². The standard InChI is InChI=1S/C19H15F3N4O/c1-12-5-4-6-14(9-12)25-18-23-10-13(11-24-18)17(27)26-16-8-3-2-7-15(16)19(20,21)22/h2-11H,1H3,(H,26,27)(H,23,24,25). The molecule has 3 rings (SSSR count). The van der Waals surface area contributed by atoms with E-state index >= 15 is 0 Å². The Morgan fingerprint density at radius 3 is 2.37 bits per heavy atom. The molecule has 0 atom stereocenters. The lowest BCUT2D eigenvalue weighted by Gasteiger charge is -2.13. The summed E-state index contributed by atoms with van der Waals surface area (Å²) in [6.45, 7) is 1.94. The number of benzene rings is 2. The predicted molar refractivity (Wildman–Crippen MR) is 95.9 cm³/mol. The summed E-state index contributed by atoms with van der Waals surface area (Å²) in [7, 11) is 0. The van der Waals surface area contributed by atoms with Crippen molar-refractivity contribution in [1.29, 1.82) is 0 Å². The molecule has 1 amide bonds. The van der Waals surface area contributed by atoms with Gasteiger partial charge in [0.25, 0.3) is 5.91 Å². The number of alkyl halides is 3. The topological polar surface area (TPSA) is 66.9 Å². The number of para-hydroxylation sites is 1. The first-order valence-electron chi connectivity index (χ1n) is 7.96. The number of anilines is 3. The number of amides is 1. The van der Waals surface area contributed by atoms with Crippen LogP contribution in [0.2, 0.25) is 0 Å². The van der Waals surface area contributed by atoms with E-state index in [1.807, 2.05) is 31.2 Å². The van der Waals surface area contributed by atoms with Gasteiger partial charge in [-0.15, -0.1) is 0 Å². The van der Waals surface area contributed by atoms with Crippen molar-refractivity contribution in [3.05, 3.63) is 77.6 Å². The van der Waals surface area contributed by atoms with E-state index < -0.39 is 17.6 Å². The maximum absolute atomic E-state index is 13.0. The van der Waals surface area contributed by atoms with Crippen LogP contribution in [-0.2, 0) is 6.18 Å². The number of aryl methyl sites for hydroxylation is 1. The second-order valence-corrected chi connectivity index (χ2v) is 5.79. The Balaban J connectivity index is 1.73. The van der Waals surface area contributed by atoms with E-state index in [1.165, 1.54) is 30.6 Å². The van der Waals surface area contributed by atoms with Gasteiger partial charge in [-0.05, 0) is 36.8 Å². The van der Waals surface area contributed by atoms with E-state index in [4.69, 9.17) is 0 Å². The number of carbonyl (C=O) groups excluding carboxylic acids is 1. The average Bonchev–Trinajstić information content (AvgIpc) is 2.62. The van der Waals surface area contributed by atoms with Crippen molar-refractivity contribution < 1.29 is 18.0 Å². The highest BCUT2D eigenvalue weighted by Gasteiger charge is 2.33. The van der Waals surface area contributed by atoms with Crippen molar-refractivity contribution in [1.82, 2.24) is 9.97 Å². The molecule has 5 nitrogen and oxygen atoms in total. The summed E-state index contributed by atoms with van der Waals surface area (Å²) in [5, 5.41) is 5.24. The normalized spacial score (nSPS) is 11.1. The monoisotopic (exact) mass is 372 g/mol. The molecule has 1 aromatic heterocycles.